The number of aliphatic carboxylic acids is 1. The molecule has 2 heteroatoms. The number of hydrogen-bond acceptors (Lipinski definition) is 1. The van der Waals surface area contributed by atoms with Gasteiger partial charge in [-0.25, -0.2) is 0 Å². The number of carbonyl (C=O) groups is 1. The van der Waals surface area contributed by atoms with Crippen LogP contribution in [0.1, 0.15) is 30.5 Å². The molecule has 1 aromatic carbocycles. The number of hydrogen-bond donors (Lipinski definition) is 1. The average Bonchev–Trinajstić information content (AvgIpc) is 2.59. The molecule has 0 aliphatic heterocycles. The Morgan fingerprint density at radius 2 is 2.06 bits per heavy atom. The normalized spacial score (nSPS) is 18.8. The second kappa shape index (κ2) is 4.28. The molecule has 86 valence electrons. The fourth-order valence-corrected chi connectivity index (χ4v) is 2.46. The van der Waals surface area contributed by atoms with Gasteiger partial charge in [-0.2, -0.15) is 0 Å². The first-order valence-electron chi connectivity index (χ1n) is 5.88. The predicted octanol–water partition coefficient (Wildman–Crippen LogP) is 2.68. The van der Waals surface area contributed by atoms with E-state index in [2.05, 4.69) is 26.0 Å². The summed E-state index contributed by atoms with van der Waals surface area (Å²) in [7, 11) is 0. The van der Waals surface area contributed by atoms with Crippen molar-refractivity contribution in [3.8, 4) is 0 Å². The highest BCUT2D eigenvalue weighted by Gasteiger charge is 2.23. The molecule has 0 radical (unpaired) electrons. The summed E-state index contributed by atoms with van der Waals surface area (Å²) in [4.78, 5) is 10.6. The third-order valence-electron chi connectivity index (χ3n) is 3.53. The van der Waals surface area contributed by atoms with Crippen LogP contribution in [0.3, 0.4) is 0 Å². The molecule has 16 heavy (non-hydrogen) atoms. The maximum Gasteiger partial charge on any atom is 0.307 e. The minimum absolute atomic E-state index is 0.139. The maximum absolute atomic E-state index is 10.6. The van der Waals surface area contributed by atoms with Crippen LogP contribution < -0.4 is 0 Å². The molecule has 0 heterocycles. The Hall–Kier alpha value is -1.31. The fraction of sp³-hybridized carbons (Fsp3) is 0.500. The lowest BCUT2D eigenvalue weighted by Gasteiger charge is -2.12. The number of carboxylic acids is 1. The van der Waals surface area contributed by atoms with E-state index in [1.54, 1.807) is 0 Å². The van der Waals surface area contributed by atoms with Crippen molar-refractivity contribution >= 4 is 5.97 Å². The fourth-order valence-electron chi connectivity index (χ4n) is 2.46. The smallest absolute Gasteiger partial charge is 0.307 e. The van der Waals surface area contributed by atoms with Gasteiger partial charge in [0.1, 0.15) is 0 Å². The quantitative estimate of drug-likeness (QED) is 0.847. The minimum atomic E-state index is -0.752. The SMILES string of the molecule is CC(C)C1Cc2ccc(CC(=O)O)cc2C1. The number of fused-ring (bicyclic) bond motifs is 1. The Balaban J connectivity index is 2.17. The van der Waals surface area contributed by atoms with Gasteiger partial charge in [-0.15, -0.1) is 0 Å². The number of carboxylic acid groups (broad SMARTS) is 1. The van der Waals surface area contributed by atoms with Crippen LogP contribution in [-0.4, -0.2) is 11.1 Å². The Kier molecular flexibility index (Phi) is 2.99. The second-order valence-electron chi connectivity index (χ2n) is 5.09. The van der Waals surface area contributed by atoms with Gasteiger partial charge in [-0.05, 0) is 41.4 Å². The molecule has 0 bridgehead atoms. The van der Waals surface area contributed by atoms with Gasteiger partial charge in [0.05, 0.1) is 6.42 Å². The van der Waals surface area contributed by atoms with Crippen molar-refractivity contribution in [2.75, 3.05) is 0 Å². The molecule has 0 aromatic heterocycles. The zero-order chi connectivity index (χ0) is 11.7. The van der Waals surface area contributed by atoms with E-state index in [1.165, 1.54) is 11.1 Å². The van der Waals surface area contributed by atoms with Gasteiger partial charge < -0.3 is 5.11 Å². The van der Waals surface area contributed by atoms with E-state index in [1.807, 2.05) is 6.07 Å². The van der Waals surface area contributed by atoms with Crippen molar-refractivity contribution < 1.29 is 9.90 Å². The molecule has 2 rings (SSSR count). The lowest BCUT2D eigenvalue weighted by Crippen LogP contribution is -2.07. The topological polar surface area (TPSA) is 37.3 Å². The Labute approximate surface area is 96.3 Å². The highest BCUT2D eigenvalue weighted by Crippen LogP contribution is 2.31. The lowest BCUT2D eigenvalue weighted by molar-refractivity contribution is -0.136. The molecule has 0 saturated heterocycles. The summed E-state index contributed by atoms with van der Waals surface area (Å²) in [6.45, 7) is 4.52. The van der Waals surface area contributed by atoms with Crippen LogP contribution in [0.25, 0.3) is 0 Å². The summed E-state index contributed by atoms with van der Waals surface area (Å²) in [5, 5.41) is 8.76. The zero-order valence-electron chi connectivity index (χ0n) is 9.86. The average molecular weight is 218 g/mol. The molecular formula is C14H18O2. The van der Waals surface area contributed by atoms with E-state index in [-0.39, 0.29) is 6.42 Å². The summed E-state index contributed by atoms with van der Waals surface area (Å²) in [5.41, 5.74) is 3.70. The van der Waals surface area contributed by atoms with Crippen LogP contribution >= 0.6 is 0 Å². The van der Waals surface area contributed by atoms with Gasteiger partial charge >= 0.3 is 5.97 Å². The van der Waals surface area contributed by atoms with Gasteiger partial charge in [0, 0.05) is 0 Å². The lowest BCUT2D eigenvalue weighted by atomic mass is 9.93. The first-order chi connectivity index (χ1) is 7.56. The van der Waals surface area contributed by atoms with Gasteiger partial charge in [0.2, 0.25) is 0 Å². The molecule has 0 amide bonds. The highest BCUT2D eigenvalue weighted by molar-refractivity contribution is 5.70. The summed E-state index contributed by atoms with van der Waals surface area (Å²) >= 11 is 0. The van der Waals surface area contributed by atoms with E-state index >= 15 is 0 Å². The number of rotatable bonds is 3. The largest absolute Gasteiger partial charge is 0.481 e. The van der Waals surface area contributed by atoms with Crippen LogP contribution in [0.4, 0.5) is 0 Å². The van der Waals surface area contributed by atoms with Crippen molar-refractivity contribution in [3.05, 3.63) is 34.9 Å². The van der Waals surface area contributed by atoms with E-state index in [0.717, 1.165) is 24.3 Å². The predicted molar refractivity (Wildman–Crippen MR) is 63.5 cm³/mol. The first-order valence-corrected chi connectivity index (χ1v) is 5.88. The van der Waals surface area contributed by atoms with Gasteiger partial charge in [-0.3, -0.25) is 4.79 Å². The third kappa shape index (κ3) is 2.26. The molecule has 1 aliphatic carbocycles. The zero-order valence-corrected chi connectivity index (χ0v) is 9.86. The van der Waals surface area contributed by atoms with Crippen LogP contribution in [0.5, 0.6) is 0 Å². The van der Waals surface area contributed by atoms with Crippen molar-refractivity contribution in [2.24, 2.45) is 11.8 Å². The molecule has 1 N–H and O–H groups in total. The van der Waals surface area contributed by atoms with E-state index in [0.29, 0.717) is 5.92 Å². The van der Waals surface area contributed by atoms with Crippen molar-refractivity contribution in [1.29, 1.82) is 0 Å². The highest BCUT2D eigenvalue weighted by atomic mass is 16.4. The summed E-state index contributed by atoms with van der Waals surface area (Å²) in [6.07, 6.45) is 2.40. The van der Waals surface area contributed by atoms with E-state index < -0.39 is 5.97 Å². The van der Waals surface area contributed by atoms with Gasteiger partial charge in [0.25, 0.3) is 0 Å². The molecular weight excluding hydrogens is 200 g/mol. The second-order valence-corrected chi connectivity index (χ2v) is 5.09. The Morgan fingerprint density at radius 1 is 1.38 bits per heavy atom. The third-order valence-corrected chi connectivity index (χ3v) is 3.53. The van der Waals surface area contributed by atoms with Crippen LogP contribution in [0, 0.1) is 11.8 Å². The van der Waals surface area contributed by atoms with Crippen molar-refractivity contribution in [1.82, 2.24) is 0 Å². The Morgan fingerprint density at radius 3 is 2.69 bits per heavy atom. The summed E-state index contributed by atoms with van der Waals surface area (Å²) in [5.74, 6) is 0.684. The molecule has 0 spiro atoms. The molecule has 1 aromatic rings. The summed E-state index contributed by atoms with van der Waals surface area (Å²) in [6, 6.07) is 6.14. The molecule has 0 fully saturated rings. The number of benzene rings is 1. The Bertz CT molecular complexity index is 407. The standard InChI is InChI=1S/C14H18O2/c1-9(2)12-7-11-4-3-10(6-14(15)16)5-13(11)8-12/h3-5,9,12H,6-8H2,1-2H3,(H,15,16). The summed E-state index contributed by atoms with van der Waals surface area (Å²) < 4.78 is 0. The van der Waals surface area contributed by atoms with Crippen LogP contribution in [0.2, 0.25) is 0 Å². The van der Waals surface area contributed by atoms with Gasteiger partial charge in [-0.1, -0.05) is 32.0 Å². The van der Waals surface area contributed by atoms with Gasteiger partial charge in [0.15, 0.2) is 0 Å². The monoisotopic (exact) mass is 218 g/mol. The maximum atomic E-state index is 10.6. The van der Waals surface area contributed by atoms with E-state index in [4.69, 9.17) is 5.11 Å². The minimum Gasteiger partial charge on any atom is -0.481 e. The molecule has 1 atom stereocenters. The molecule has 1 aliphatic rings. The molecule has 2 nitrogen and oxygen atoms in total. The van der Waals surface area contributed by atoms with Crippen molar-refractivity contribution in [2.45, 2.75) is 33.1 Å². The van der Waals surface area contributed by atoms with Crippen LogP contribution in [0.15, 0.2) is 18.2 Å². The van der Waals surface area contributed by atoms with Crippen molar-refractivity contribution in [3.63, 3.8) is 0 Å². The van der Waals surface area contributed by atoms with Crippen LogP contribution in [-0.2, 0) is 24.1 Å². The molecule has 1 unspecified atom stereocenters. The van der Waals surface area contributed by atoms with E-state index in [9.17, 15) is 4.79 Å². The first kappa shape index (κ1) is 11.2. The molecule has 0 saturated carbocycles.